The van der Waals surface area contributed by atoms with Gasteiger partial charge in [0, 0.05) is 25.7 Å². The Morgan fingerprint density at radius 2 is 2.22 bits per heavy atom. The molecule has 0 aliphatic carbocycles. The van der Waals surface area contributed by atoms with Crippen LogP contribution < -0.4 is 4.90 Å². The Bertz CT molecular complexity index is 467. The van der Waals surface area contributed by atoms with Gasteiger partial charge >= 0.3 is 0 Å². The van der Waals surface area contributed by atoms with Crippen LogP contribution in [0.15, 0.2) is 18.2 Å². The Labute approximate surface area is 114 Å². The number of rotatable bonds is 2. The quantitative estimate of drug-likeness (QED) is 0.822. The first kappa shape index (κ1) is 13.2. The standard InChI is InChI=1S/C14H18ClN3/c1-3-17-6-7-18(10-11(17)2)14-5-4-12(9-16)8-13(14)15/h4-5,8,11H,3,6-7,10H2,1-2H3. The number of piperazine rings is 1. The van der Waals surface area contributed by atoms with Crippen molar-refractivity contribution >= 4 is 17.3 Å². The van der Waals surface area contributed by atoms with Crippen LogP contribution in [0, 0.1) is 11.3 Å². The zero-order chi connectivity index (χ0) is 13.1. The third-order valence-electron chi connectivity index (χ3n) is 3.59. The van der Waals surface area contributed by atoms with Crippen LogP contribution in [-0.2, 0) is 0 Å². The molecule has 1 aromatic rings. The minimum atomic E-state index is 0.537. The van der Waals surface area contributed by atoms with Crippen molar-refractivity contribution in [2.75, 3.05) is 31.1 Å². The van der Waals surface area contributed by atoms with Crippen molar-refractivity contribution < 1.29 is 0 Å². The molecule has 1 fully saturated rings. The van der Waals surface area contributed by atoms with Gasteiger partial charge in [-0.05, 0) is 31.7 Å². The van der Waals surface area contributed by atoms with E-state index in [0.717, 1.165) is 31.9 Å². The molecule has 1 aliphatic heterocycles. The van der Waals surface area contributed by atoms with Crippen molar-refractivity contribution in [1.82, 2.24) is 4.90 Å². The van der Waals surface area contributed by atoms with Gasteiger partial charge in [0.15, 0.2) is 0 Å². The topological polar surface area (TPSA) is 30.3 Å². The first-order valence-electron chi connectivity index (χ1n) is 6.34. The number of nitrogens with zero attached hydrogens (tertiary/aromatic N) is 3. The molecule has 1 heterocycles. The van der Waals surface area contributed by atoms with Crippen molar-refractivity contribution in [3.8, 4) is 6.07 Å². The van der Waals surface area contributed by atoms with E-state index in [0.29, 0.717) is 16.6 Å². The Hall–Kier alpha value is -1.24. The highest BCUT2D eigenvalue weighted by atomic mass is 35.5. The summed E-state index contributed by atoms with van der Waals surface area (Å²) in [5, 5.41) is 9.52. The molecule has 0 aromatic heterocycles. The van der Waals surface area contributed by atoms with E-state index < -0.39 is 0 Å². The molecule has 2 rings (SSSR count). The summed E-state index contributed by atoms with van der Waals surface area (Å²) < 4.78 is 0. The average Bonchev–Trinajstić information content (AvgIpc) is 2.38. The molecule has 1 atom stereocenters. The number of likely N-dealkylation sites (N-methyl/N-ethyl adjacent to an activating group) is 1. The van der Waals surface area contributed by atoms with Gasteiger partial charge in [0.25, 0.3) is 0 Å². The predicted molar refractivity (Wildman–Crippen MR) is 75.1 cm³/mol. The van der Waals surface area contributed by atoms with E-state index in [1.165, 1.54) is 0 Å². The van der Waals surface area contributed by atoms with Gasteiger partial charge in [0.05, 0.1) is 22.3 Å². The van der Waals surface area contributed by atoms with Crippen molar-refractivity contribution in [1.29, 1.82) is 5.26 Å². The van der Waals surface area contributed by atoms with Gasteiger partial charge in [-0.3, -0.25) is 4.90 Å². The normalized spacial score (nSPS) is 20.8. The minimum Gasteiger partial charge on any atom is -0.367 e. The molecule has 0 saturated carbocycles. The van der Waals surface area contributed by atoms with E-state index in [2.05, 4.69) is 29.7 Å². The Morgan fingerprint density at radius 3 is 2.78 bits per heavy atom. The summed E-state index contributed by atoms with van der Waals surface area (Å²) in [6.45, 7) is 8.57. The van der Waals surface area contributed by atoms with Gasteiger partial charge in [-0.15, -0.1) is 0 Å². The highest BCUT2D eigenvalue weighted by molar-refractivity contribution is 6.33. The molecule has 1 aliphatic rings. The number of hydrogen-bond donors (Lipinski definition) is 0. The summed E-state index contributed by atoms with van der Waals surface area (Å²) in [6, 6.07) is 8.18. The van der Waals surface area contributed by atoms with E-state index in [1.54, 1.807) is 6.07 Å². The molecule has 3 nitrogen and oxygen atoms in total. The summed E-state index contributed by atoms with van der Waals surface area (Å²) in [5.41, 5.74) is 1.65. The summed E-state index contributed by atoms with van der Waals surface area (Å²) in [6.07, 6.45) is 0. The molecule has 1 saturated heterocycles. The van der Waals surface area contributed by atoms with Crippen LogP contribution in [0.2, 0.25) is 5.02 Å². The van der Waals surface area contributed by atoms with Crippen molar-refractivity contribution in [3.63, 3.8) is 0 Å². The number of halogens is 1. The van der Waals surface area contributed by atoms with E-state index in [1.807, 2.05) is 12.1 Å². The zero-order valence-electron chi connectivity index (χ0n) is 10.9. The van der Waals surface area contributed by atoms with Crippen molar-refractivity contribution in [3.05, 3.63) is 28.8 Å². The van der Waals surface area contributed by atoms with Crippen LogP contribution in [0.25, 0.3) is 0 Å². The van der Waals surface area contributed by atoms with E-state index in [9.17, 15) is 0 Å². The SMILES string of the molecule is CCN1CCN(c2ccc(C#N)cc2Cl)CC1C. The predicted octanol–water partition coefficient (Wildman–Crippen LogP) is 2.74. The lowest BCUT2D eigenvalue weighted by molar-refractivity contribution is 0.199. The minimum absolute atomic E-state index is 0.537. The molecular formula is C14H18ClN3. The van der Waals surface area contributed by atoms with Gasteiger partial charge in [-0.2, -0.15) is 5.26 Å². The van der Waals surface area contributed by atoms with Gasteiger partial charge in [0.2, 0.25) is 0 Å². The Kier molecular flexibility index (Phi) is 4.11. The molecular weight excluding hydrogens is 246 g/mol. The maximum Gasteiger partial charge on any atom is 0.0992 e. The molecule has 4 heteroatoms. The van der Waals surface area contributed by atoms with Gasteiger partial charge in [-0.25, -0.2) is 0 Å². The first-order chi connectivity index (χ1) is 8.65. The van der Waals surface area contributed by atoms with Crippen LogP contribution in [0.5, 0.6) is 0 Å². The fourth-order valence-corrected chi connectivity index (χ4v) is 2.82. The van der Waals surface area contributed by atoms with Gasteiger partial charge in [0.1, 0.15) is 0 Å². The van der Waals surface area contributed by atoms with E-state index in [-0.39, 0.29) is 0 Å². The molecule has 0 spiro atoms. The van der Waals surface area contributed by atoms with Crippen LogP contribution in [0.1, 0.15) is 19.4 Å². The smallest absolute Gasteiger partial charge is 0.0992 e. The molecule has 96 valence electrons. The lowest BCUT2D eigenvalue weighted by Crippen LogP contribution is -2.51. The van der Waals surface area contributed by atoms with Crippen LogP contribution in [-0.4, -0.2) is 37.1 Å². The van der Waals surface area contributed by atoms with Crippen LogP contribution in [0.4, 0.5) is 5.69 Å². The fraction of sp³-hybridized carbons (Fsp3) is 0.500. The second-order valence-electron chi connectivity index (χ2n) is 4.70. The van der Waals surface area contributed by atoms with Crippen LogP contribution >= 0.6 is 11.6 Å². The zero-order valence-corrected chi connectivity index (χ0v) is 11.6. The lowest BCUT2D eigenvalue weighted by atomic mass is 10.1. The number of benzene rings is 1. The molecule has 0 N–H and O–H groups in total. The summed E-state index contributed by atoms with van der Waals surface area (Å²) in [7, 11) is 0. The number of anilines is 1. The lowest BCUT2D eigenvalue weighted by Gasteiger charge is -2.40. The van der Waals surface area contributed by atoms with Crippen LogP contribution in [0.3, 0.4) is 0 Å². The maximum atomic E-state index is 8.84. The summed E-state index contributed by atoms with van der Waals surface area (Å²) in [4.78, 5) is 4.77. The second kappa shape index (κ2) is 5.60. The number of nitriles is 1. The molecule has 0 amide bonds. The molecule has 1 unspecified atom stereocenters. The van der Waals surface area contributed by atoms with Gasteiger partial charge in [-0.1, -0.05) is 18.5 Å². The second-order valence-corrected chi connectivity index (χ2v) is 5.11. The Balaban J connectivity index is 2.16. The summed E-state index contributed by atoms with van der Waals surface area (Å²) >= 11 is 6.25. The molecule has 18 heavy (non-hydrogen) atoms. The van der Waals surface area contributed by atoms with Crippen molar-refractivity contribution in [2.24, 2.45) is 0 Å². The monoisotopic (exact) mass is 263 g/mol. The largest absolute Gasteiger partial charge is 0.367 e. The van der Waals surface area contributed by atoms with E-state index in [4.69, 9.17) is 16.9 Å². The highest BCUT2D eigenvalue weighted by Gasteiger charge is 2.23. The molecule has 0 radical (unpaired) electrons. The Morgan fingerprint density at radius 1 is 1.44 bits per heavy atom. The number of hydrogen-bond acceptors (Lipinski definition) is 3. The van der Waals surface area contributed by atoms with Gasteiger partial charge < -0.3 is 4.90 Å². The first-order valence-corrected chi connectivity index (χ1v) is 6.72. The third kappa shape index (κ3) is 2.60. The highest BCUT2D eigenvalue weighted by Crippen LogP contribution is 2.28. The van der Waals surface area contributed by atoms with E-state index >= 15 is 0 Å². The molecule has 0 bridgehead atoms. The fourth-order valence-electron chi connectivity index (χ4n) is 2.52. The summed E-state index contributed by atoms with van der Waals surface area (Å²) in [5.74, 6) is 0. The maximum absolute atomic E-state index is 8.84. The third-order valence-corrected chi connectivity index (χ3v) is 3.89. The average molecular weight is 264 g/mol. The van der Waals surface area contributed by atoms with Crippen molar-refractivity contribution in [2.45, 2.75) is 19.9 Å². The molecule has 1 aromatic carbocycles.